The number of nitrogens with one attached hydrogen (secondary N) is 1. The molecule has 0 aromatic carbocycles. The van der Waals surface area contributed by atoms with Crippen LogP contribution in [-0.2, 0) is 0 Å². The maximum atomic E-state index is 3.88. The number of rotatable bonds is 2. The van der Waals surface area contributed by atoms with Crippen LogP contribution < -0.4 is 5.32 Å². The fourth-order valence-corrected chi connectivity index (χ4v) is 0.465. The molecule has 0 amide bonds. The van der Waals surface area contributed by atoms with Crippen LogP contribution in [0.3, 0.4) is 0 Å². The van der Waals surface area contributed by atoms with Crippen molar-refractivity contribution in [1.29, 1.82) is 0 Å². The van der Waals surface area contributed by atoms with Crippen LogP contribution >= 0.6 is 0 Å². The molecule has 0 aliphatic carbocycles. The van der Waals surface area contributed by atoms with Crippen LogP contribution in [0.15, 0.2) is 31.2 Å². The predicted octanol–water partition coefficient (Wildman–Crippen LogP) is 1.03. The van der Waals surface area contributed by atoms with E-state index < -0.39 is 0 Å². The summed E-state index contributed by atoms with van der Waals surface area (Å²) in [7, 11) is 0. The van der Waals surface area contributed by atoms with Gasteiger partial charge < -0.3 is 5.32 Å². The Morgan fingerprint density at radius 1 is 1.44 bits per heavy atom. The van der Waals surface area contributed by atoms with Crippen molar-refractivity contribution in [3.63, 3.8) is 0 Å². The van der Waals surface area contributed by atoms with Crippen molar-refractivity contribution in [3.8, 4) is 0 Å². The third-order valence-corrected chi connectivity index (χ3v) is 0.797. The highest BCUT2D eigenvalue weighted by molar-refractivity contribution is 5.25. The van der Waals surface area contributed by atoms with E-state index >= 15 is 0 Å². The molecule has 1 aromatic rings. The van der Waals surface area contributed by atoms with Crippen LogP contribution in [0.4, 0.5) is 5.95 Å². The first kappa shape index (κ1) is 5.75. The molecule has 1 heterocycles. The van der Waals surface area contributed by atoms with Gasteiger partial charge >= 0.3 is 0 Å². The zero-order valence-corrected chi connectivity index (χ0v) is 4.91. The van der Waals surface area contributed by atoms with E-state index in [2.05, 4.69) is 21.9 Å². The van der Waals surface area contributed by atoms with Crippen molar-refractivity contribution >= 4 is 5.95 Å². The maximum absolute atomic E-state index is 3.88. The topological polar surface area (TPSA) is 37.8 Å². The quantitative estimate of drug-likeness (QED) is 0.635. The van der Waals surface area contributed by atoms with Crippen molar-refractivity contribution in [1.82, 2.24) is 9.97 Å². The fraction of sp³-hybridized carbons (Fsp3) is 0. The van der Waals surface area contributed by atoms with Crippen molar-refractivity contribution in [3.05, 3.63) is 31.2 Å². The zero-order valence-electron chi connectivity index (χ0n) is 4.91. The smallest absolute Gasteiger partial charge is 0.226 e. The highest BCUT2D eigenvalue weighted by atomic mass is 15.1. The van der Waals surface area contributed by atoms with Gasteiger partial charge in [-0.3, -0.25) is 0 Å². The summed E-state index contributed by atoms with van der Waals surface area (Å²) in [5.41, 5.74) is 0. The summed E-state index contributed by atoms with van der Waals surface area (Å²) in [4.78, 5) is 7.75. The van der Waals surface area contributed by atoms with Gasteiger partial charge in [0.05, 0.1) is 0 Å². The summed E-state index contributed by atoms with van der Waals surface area (Å²) in [5, 5.41) is 2.75. The molecule has 0 fully saturated rings. The molecule has 0 spiro atoms. The van der Waals surface area contributed by atoms with Crippen molar-refractivity contribution in [2.45, 2.75) is 0 Å². The van der Waals surface area contributed by atoms with Gasteiger partial charge in [-0.05, 0) is 12.3 Å². The maximum Gasteiger partial charge on any atom is 0.226 e. The largest absolute Gasteiger partial charge is 0.331 e. The third kappa shape index (κ3) is 1.53. The molecule has 1 aromatic heterocycles. The minimum atomic E-state index is 0.576. The lowest BCUT2D eigenvalue weighted by atomic mass is 10.7. The van der Waals surface area contributed by atoms with E-state index in [-0.39, 0.29) is 0 Å². The van der Waals surface area contributed by atoms with Crippen LogP contribution in [0.1, 0.15) is 0 Å². The minimum absolute atomic E-state index is 0.576. The van der Waals surface area contributed by atoms with E-state index in [4.69, 9.17) is 0 Å². The fourth-order valence-electron chi connectivity index (χ4n) is 0.465. The zero-order chi connectivity index (χ0) is 6.53. The van der Waals surface area contributed by atoms with Crippen LogP contribution in [-0.4, -0.2) is 9.97 Å². The van der Waals surface area contributed by atoms with E-state index in [9.17, 15) is 0 Å². The van der Waals surface area contributed by atoms with Gasteiger partial charge in [0, 0.05) is 12.4 Å². The highest BCUT2D eigenvalue weighted by Crippen LogP contribution is 1.91. The second-order valence-electron chi connectivity index (χ2n) is 1.42. The van der Waals surface area contributed by atoms with E-state index in [1.54, 1.807) is 18.5 Å². The average Bonchev–Trinajstić information content (AvgIpc) is 1.91. The van der Waals surface area contributed by atoms with Gasteiger partial charge in [0.15, 0.2) is 0 Å². The Kier molecular flexibility index (Phi) is 1.80. The van der Waals surface area contributed by atoms with E-state index in [0.717, 1.165) is 0 Å². The first-order chi connectivity index (χ1) is 4.43. The Labute approximate surface area is 53.5 Å². The molecule has 3 heteroatoms. The molecule has 1 N–H and O–H groups in total. The monoisotopic (exact) mass is 121 g/mol. The van der Waals surface area contributed by atoms with Gasteiger partial charge in [-0.25, -0.2) is 9.97 Å². The van der Waals surface area contributed by atoms with Crippen molar-refractivity contribution in [2.24, 2.45) is 0 Å². The summed E-state index contributed by atoms with van der Waals surface area (Å²) in [6.07, 6.45) is 4.87. The second kappa shape index (κ2) is 2.81. The van der Waals surface area contributed by atoms with Crippen molar-refractivity contribution in [2.75, 3.05) is 5.32 Å². The van der Waals surface area contributed by atoms with E-state index in [0.29, 0.717) is 5.95 Å². The Hall–Kier alpha value is -1.38. The second-order valence-corrected chi connectivity index (χ2v) is 1.42. The predicted molar refractivity (Wildman–Crippen MR) is 35.9 cm³/mol. The molecule has 0 saturated heterocycles. The van der Waals surface area contributed by atoms with Crippen LogP contribution in [0, 0.1) is 0 Å². The Morgan fingerprint density at radius 3 is 2.67 bits per heavy atom. The van der Waals surface area contributed by atoms with Gasteiger partial charge in [0.1, 0.15) is 0 Å². The summed E-state index contributed by atoms with van der Waals surface area (Å²) in [6, 6.07) is 1.76. The summed E-state index contributed by atoms with van der Waals surface area (Å²) >= 11 is 0. The molecule has 46 valence electrons. The third-order valence-electron chi connectivity index (χ3n) is 0.797. The van der Waals surface area contributed by atoms with Gasteiger partial charge in [-0.1, -0.05) is 6.58 Å². The molecular weight excluding hydrogens is 114 g/mol. The van der Waals surface area contributed by atoms with Gasteiger partial charge in [-0.15, -0.1) is 0 Å². The molecule has 0 aliphatic rings. The lowest BCUT2D eigenvalue weighted by Crippen LogP contribution is -1.91. The van der Waals surface area contributed by atoms with Gasteiger partial charge in [0.25, 0.3) is 0 Å². The van der Waals surface area contributed by atoms with Crippen LogP contribution in [0.5, 0.6) is 0 Å². The van der Waals surface area contributed by atoms with E-state index in [1.807, 2.05) is 0 Å². The molecule has 0 atom stereocenters. The number of hydrogen-bond acceptors (Lipinski definition) is 3. The SMILES string of the molecule is C=CNc1ncccn1. The first-order valence-corrected chi connectivity index (χ1v) is 2.58. The molecule has 9 heavy (non-hydrogen) atoms. The molecule has 0 bridgehead atoms. The van der Waals surface area contributed by atoms with Gasteiger partial charge in [0.2, 0.25) is 5.95 Å². The number of anilines is 1. The van der Waals surface area contributed by atoms with Gasteiger partial charge in [-0.2, -0.15) is 0 Å². The molecule has 0 radical (unpaired) electrons. The molecule has 0 aliphatic heterocycles. The lowest BCUT2D eigenvalue weighted by molar-refractivity contribution is 1.17. The molecule has 1 rings (SSSR count). The normalized spacial score (nSPS) is 8.44. The Bertz CT molecular complexity index is 183. The summed E-state index contributed by atoms with van der Waals surface area (Å²) in [5.74, 6) is 0.576. The van der Waals surface area contributed by atoms with E-state index in [1.165, 1.54) is 6.20 Å². The first-order valence-electron chi connectivity index (χ1n) is 2.58. The summed E-state index contributed by atoms with van der Waals surface area (Å²) in [6.45, 7) is 3.46. The standard InChI is InChI=1S/C6H7N3/c1-2-7-6-8-4-3-5-9-6/h2-5H,1H2,(H,7,8,9). The highest BCUT2D eigenvalue weighted by Gasteiger charge is 1.83. The lowest BCUT2D eigenvalue weighted by Gasteiger charge is -1.92. The number of nitrogens with zero attached hydrogens (tertiary/aromatic N) is 2. The van der Waals surface area contributed by atoms with Crippen molar-refractivity contribution < 1.29 is 0 Å². The molecule has 3 nitrogen and oxygen atoms in total. The van der Waals surface area contributed by atoms with Crippen LogP contribution in [0.25, 0.3) is 0 Å². The number of aromatic nitrogens is 2. The Balaban J connectivity index is 2.72. The minimum Gasteiger partial charge on any atom is -0.331 e. The Morgan fingerprint density at radius 2 is 2.11 bits per heavy atom. The molecule has 0 saturated carbocycles. The number of hydrogen-bond donors (Lipinski definition) is 1. The van der Waals surface area contributed by atoms with Crippen LogP contribution in [0.2, 0.25) is 0 Å². The summed E-state index contributed by atoms with van der Waals surface area (Å²) < 4.78 is 0. The average molecular weight is 121 g/mol. The molecule has 0 unspecified atom stereocenters. The molecular formula is C6H7N3.